The summed E-state index contributed by atoms with van der Waals surface area (Å²) in [5.74, 6) is -1.61. The summed E-state index contributed by atoms with van der Waals surface area (Å²) in [6.07, 6.45) is -2.09. The molecule has 3 N–H and O–H groups in total. The molecule has 0 spiro atoms. The Balaban J connectivity index is 2.50. The summed E-state index contributed by atoms with van der Waals surface area (Å²) in [5, 5.41) is 11.7. The van der Waals surface area contributed by atoms with Gasteiger partial charge in [-0.25, -0.2) is 4.79 Å². The number of aliphatic hydroxyl groups is 1. The second-order valence-corrected chi connectivity index (χ2v) is 4.48. The van der Waals surface area contributed by atoms with Crippen LogP contribution in [0.4, 0.5) is 4.79 Å². The molecule has 0 aliphatic heterocycles. The van der Waals surface area contributed by atoms with Gasteiger partial charge in [0.15, 0.2) is 0 Å². The number of alkyl carbamates (subject to hydrolysis) is 1. The number of ether oxygens (including phenoxy) is 1. The molecule has 0 unspecified atom stereocenters. The van der Waals surface area contributed by atoms with Crippen molar-refractivity contribution in [1.29, 1.82) is 0 Å². The third-order valence-electron chi connectivity index (χ3n) is 2.55. The van der Waals surface area contributed by atoms with Gasteiger partial charge >= 0.3 is 12.1 Å². The van der Waals surface area contributed by atoms with E-state index < -0.39 is 30.1 Å². The Morgan fingerprint density at radius 1 is 1.23 bits per heavy atom. The Labute approximate surface area is 127 Å². The molecule has 0 saturated carbocycles. The Morgan fingerprint density at radius 3 is 2.41 bits per heavy atom. The zero-order valence-electron chi connectivity index (χ0n) is 12.2. The van der Waals surface area contributed by atoms with Crippen molar-refractivity contribution < 1.29 is 29.1 Å². The largest absolute Gasteiger partial charge is 0.445 e. The van der Waals surface area contributed by atoms with Gasteiger partial charge in [-0.2, -0.15) is 5.48 Å². The first kappa shape index (κ1) is 17.4. The van der Waals surface area contributed by atoms with Crippen LogP contribution in [0, 0.1) is 0 Å². The van der Waals surface area contributed by atoms with Gasteiger partial charge in [-0.15, -0.1) is 0 Å². The van der Waals surface area contributed by atoms with Crippen molar-refractivity contribution in [3.63, 3.8) is 0 Å². The van der Waals surface area contributed by atoms with Crippen molar-refractivity contribution in [2.24, 2.45) is 0 Å². The van der Waals surface area contributed by atoms with E-state index in [4.69, 9.17) is 4.74 Å². The van der Waals surface area contributed by atoms with E-state index in [1.54, 1.807) is 24.3 Å². The monoisotopic (exact) mass is 310 g/mol. The number of carbonyl (C=O) groups is 3. The van der Waals surface area contributed by atoms with Crippen molar-refractivity contribution >= 4 is 18.0 Å². The number of aliphatic hydroxyl groups excluding tert-OH is 1. The minimum Gasteiger partial charge on any atom is -0.445 e. The predicted molar refractivity (Wildman–Crippen MR) is 75.1 cm³/mol. The highest BCUT2D eigenvalue weighted by molar-refractivity contribution is 5.86. The average molecular weight is 310 g/mol. The molecule has 8 heteroatoms. The zero-order chi connectivity index (χ0) is 16.5. The third-order valence-corrected chi connectivity index (χ3v) is 2.55. The molecule has 8 nitrogen and oxygen atoms in total. The molecule has 22 heavy (non-hydrogen) atoms. The van der Waals surface area contributed by atoms with Crippen molar-refractivity contribution in [2.45, 2.75) is 32.6 Å². The SMILES string of the molecule is CC(=O)ONC(=O)[C@@H](NC(=O)OCc1ccccc1)[C@@H](C)O. The number of rotatable bonds is 5. The number of nitrogens with one attached hydrogen (secondary N) is 2. The Bertz CT molecular complexity index is 517. The summed E-state index contributed by atoms with van der Waals surface area (Å²) in [6, 6.07) is 7.64. The summed E-state index contributed by atoms with van der Waals surface area (Å²) in [7, 11) is 0. The quantitative estimate of drug-likeness (QED) is 0.672. The molecule has 120 valence electrons. The number of hydroxylamine groups is 1. The minimum absolute atomic E-state index is 0.0186. The molecule has 2 atom stereocenters. The van der Waals surface area contributed by atoms with E-state index in [9.17, 15) is 19.5 Å². The zero-order valence-corrected chi connectivity index (χ0v) is 12.2. The van der Waals surface area contributed by atoms with E-state index in [2.05, 4.69) is 10.2 Å². The summed E-state index contributed by atoms with van der Waals surface area (Å²) >= 11 is 0. The molecule has 0 fully saturated rings. The highest BCUT2D eigenvalue weighted by Gasteiger charge is 2.27. The molecule has 1 aromatic rings. The lowest BCUT2D eigenvalue weighted by Gasteiger charge is -2.19. The summed E-state index contributed by atoms with van der Waals surface area (Å²) in [6.45, 7) is 2.42. The first-order valence-electron chi connectivity index (χ1n) is 6.52. The number of hydrogen-bond donors (Lipinski definition) is 3. The van der Waals surface area contributed by atoms with Crippen molar-refractivity contribution in [1.82, 2.24) is 10.8 Å². The van der Waals surface area contributed by atoms with Gasteiger partial charge in [0.25, 0.3) is 5.91 Å². The average Bonchev–Trinajstić information content (AvgIpc) is 2.49. The Kier molecular flexibility index (Phi) is 6.84. The molecule has 2 amide bonds. The molecular weight excluding hydrogens is 292 g/mol. The van der Waals surface area contributed by atoms with Crippen LogP contribution in [0.25, 0.3) is 0 Å². The number of carbonyl (C=O) groups excluding carboxylic acids is 3. The van der Waals surface area contributed by atoms with Crippen LogP contribution in [0.3, 0.4) is 0 Å². The fraction of sp³-hybridized carbons (Fsp3) is 0.357. The first-order chi connectivity index (χ1) is 10.4. The standard InChI is InChI=1S/C14H18N2O6/c1-9(17)12(13(19)16-22-10(2)18)15-14(20)21-8-11-6-4-3-5-7-11/h3-7,9,12,17H,8H2,1-2H3,(H,15,20)(H,16,19)/t9-,12+/m1/s1. The van der Waals surface area contributed by atoms with Crippen molar-refractivity contribution in [2.75, 3.05) is 0 Å². The molecule has 0 bridgehead atoms. The Hall–Kier alpha value is -2.61. The van der Waals surface area contributed by atoms with Crippen LogP contribution in [0.1, 0.15) is 19.4 Å². The molecular formula is C14H18N2O6. The van der Waals surface area contributed by atoms with Gasteiger partial charge in [-0.05, 0) is 12.5 Å². The maximum Gasteiger partial charge on any atom is 0.408 e. The lowest BCUT2D eigenvalue weighted by atomic mass is 10.2. The van der Waals surface area contributed by atoms with Gasteiger partial charge in [0.05, 0.1) is 6.10 Å². The highest BCUT2D eigenvalue weighted by atomic mass is 16.7. The Morgan fingerprint density at radius 2 is 1.86 bits per heavy atom. The molecule has 0 aliphatic carbocycles. The summed E-state index contributed by atoms with van der Waals surface area (Å²) in [4.78, 5) is 38.2. The maximum atomic E-state index is 11.7. The van der Waals surface area contributed by atoms with Crippen LogP contribution in [-0.2, 0) is 25.8 Å². The van der Waals surface area contributed by atoms with Crippen molar-refractivity contribution in [3.05, 3.63) is 35.9 Å². The molecule has 0 aromatic heterocycles. The maximum absolute atomic E-state index is 11.7. The summed E-state index contributed by atoms with van der Waals surface area (Å²) < 4.78 is 4.94. The summed E-state index contributed by atoms with van der Waals surface area (Å²) in [5.41, 5.74) is 2.60. The van der Waals surface area contributed by atoms with Gasteiger partial charge in [0.1, 0.15) is 12.6 Å². The minimum atomic E-state index is -1.32. The van der Waals surface area contributed by atoms with E-state index in [0.717, 1.165) is 12.5 Å². The van der Waals surface area contributed by atoms with Crippen LogP contribution < -0.4 is 10.8 Å². The van der Waals surface area contributed by atoms with Gasteiger partial charge < -0.3 is 20.0 Å². The number of amides is 2. The van der Waals surface area contributed by atoms with Crippen LogP contribution in [0.5, 0.6) is 0 Å². The fourth-order valence-corrected chi connectivity index (χ4v) is 1.48. The molecule has 0 aliphatic rings. The van der Waals surface area contributed by atoms with E-state index in [0.29, 0.717) is 0 Å². The fourth-order valence-electron chi connectivity index (χ4n) is 1.48. The highest BCUT2D eigenvalue weighted by Crippen LogP contribution is 2.01. The van der Waals surface area contributed by atoms with Crippen LogP contribution >= 0.6 is 0 Å². The van der Waals surface area contributed by atoms with Gasteiger partial charge in [-0.3, -0.25) is 9.59 Å². The van der Waals surface area contributed by atoms with Crippen molar-refractivity contribution in [3.8, 4) is 0 Å². The molecule has 0 radical (unpaired) electrons. The van der Waals surface area contributed by atoms with Gasteiger partial charge in [0.2, 0.25) is 0 Å². The van der Waals surface area contributed by atoms with Crippen LogP contribution in [0.2, 0.25) is 0 Å². The molecule has 1 aromatic carbocycles. The second-order valence-electron chi connectivity index (χ2n) is 4.48. The lowest BCUT2D eigenvalue weighted by molar-refractivity contribution is -0.157. The number of hydrogen-bond acceptors (Lipinski definition) is 6. The normalized spacial score (nSPS) is 12.7. The van der Waals surface area contributed by atoms with E-state index in [1.165, 1.54) is 6.92 Å². The van der Waals surface area contributed by atoms with E-state index >= 15 is 0 Å². The topological polar surface area (TPSA) is 114 Å². The van der Waals surface area contributed by atoms with Crippen LogP contribution in [0.15, 0.2) is 30.3 Å². The van der Waals surface area contributed by atoms with E-state index in [1.807, 2.05) is 11.5 Å². The van der Waals surface area contributed by atoms with Crippen LogP contribution in [-0.4, -0.2) is 35.2 Å². The predicted octanol–water partition coefficient (Wildman–Crippen LogP) is 0.256. The number of benzene rings is 1. The molecule has 1 rings (SSSR count). The molecule has 0 heterocycles. The second kappa shape index (κ2) is 8.63. The van der Waals surface area contributed by atoms with E-state index in [-0.39, 0.29) is 6.61 Å². The molecule has 0 saturated heterocycles. The van der Waals surface area contributed by atoms with Gasteiger partial charge in [-0.1, -0.05) is 30.3 Å². The first-order valence-corrected chi connectivity index (χ1v) is 6.52. The smallest absolute Gasteiger partial charge is 0.408 e. The van der Waals surface area contributed by atoms with Gasteiger partial charge in [0, 0.05) is 6.92 Å². The third kappa shape index (κ3) is 6.23. The lowest BCUT2D eigenvalue weighted by Crippen LogP contribution is -2.52.